The van der Waals surface area contributed by atoms with E-state index in [1.807, 2.05) is 32.0 Å². The largest absolute Gasteiger partial charge is 0.483 e. The van der Waals surface area contributed by atoms with Crippen LogP contribution in [0, 0.1) is 13.8 Å². The van der Waals surface area contributed by atoms with Gasteiger partial charge >= 0.3 is 0 Å². The standard InChI is InChI=1S/C19H24N2O4S2/c1-14-5-3-6-17(15(14)2)25-13-18(22)21-10-8-16(9-11-21)20-27(23,24)19-7-4-12-26-19/h3-7,12,16,20H,8-11,13H2,1-2H3. The van der Waals surface area contributed by atoms with E-state index in [9.17, 15) is 13.2 Å². The Kier molecular flexibility index (Phi) is 6.18. The highest BCUT2D eigenvalue weighted by Gasteiger charge is 2.27. The van der Waals surface area contributed by atoms with Crippen molar-refractivity contribution in [1.29, 1.82) is 0 Å². The molecule has 0 radical (unpaired) electrons. The summed E-state index contributed by atoms with van der Waals surface area (Å²) in [6, 6.07) is 8.94. The molecule has 0 unspecified atom stereocenters. The Morgan fingerprint density at radius 1 is 1.22 bits per heavy atom. The maximum absolute atomic E-state index is 12.4. The van der Waals surface area contributed by atoms with Crippen molar-refractivity contribution in [3.05, 3.63) is 46.8 Å². The molecule has 6 nitrogen and oxygen atoms in total. The molecular weight excluding hydrogens is 384 g/mol. The third kappa shape index (κ3) is 4.88. The van der Waals surface area contributed by atoms with E-state index in [4.69, 9.17) is 4.74 Å². The molecule has 2 heterocycles. The van der Waals surface area contributed by atoms with Gasteiger partial charge in [0.05, 0.1) is 0 Å². The van der Waals surface area contributed by atoms with Crippen LogP contribution >= 0.6 is 11.3 Å². The summed E-state index contributed by atoms with van der Waals surface area (Å²) in [5, 5.41) is 1.74. The summed E-state index contributed by atoms with van der Waals surface area (Å²) in [5.41, 5.74) is 2.16. The lowest BCUT2D eigenvalue weighted by atomic mass is 10.1. The van der Waals surface area contributed by atoms with Crippen LogP contribution in [0.4, 0.5) is 0 Å². The molecule has 0 saturated carbocycles. The second-order valence-electron chi connectivity index (χ2n) is 6.70. The van der Waals surface area contributed by atoms with Crippen molar-refractivity contribution >= 4 is 27.3 Å². The molecule has 0 bridgehead atoms. The minimum atomic E-state index is -3.47. The second kappa shape index (κ2) is 8.41. The number of hydrogen-bond donors (Lipinski definition) is 1. The fourth-order valence-electron chi connectivity index (χ4n) is 3.05. The number of carbonyl (C=O) groups excluding carboxylic acids is 1. The summed E-state index contributed by atoms with van der Waals surface area (Å²) in [7, 11) is -3.47. The van der Waals surface area contributed by atoms with E-state index in [1.165, 1.54) is 11.3 Å². The molecule has 1 fully saturated rings. The van der Waals surface area contributed by atoms with Crippen molar-refractivity contribution in [1.82, 2.24) is 9.62 Å². The number of rotatable bonds is 6. The predicted octanol–water partition coefficient (Wildman–Crippen LogP) is 2.71. The third-order valence-corrected chi connectivity index (χ3v) is 7.75. The van der Waals surface area contributed by atoms with Crippen LogP contribution in [0.5, 0.6) is 5.75 Å². The molecular formula is C19H24N2O4S2. The molecule has 1 saturated heterocycles. The van der Waals surface area contributed by atoms with Gasteiger partial charge in [-0.25, -0.2) is 13.1 Å². The molecule has 27 heavy (non-hydrogen) atoms. The van der Waals surface area contributed by atoms with E-state index >= 15 is 0 Å². The van der Waals surface area contributed by atoms with Crippen LogP contribution in [0.15, 0.2) is 39.9 Å². The number of amides is 1. The lowest BCUT2D eigenvalue weighted by Gasteiger charge is -2.32. The normalized spacial score (nSPS) is 15.7. The van der Waals surface area contributed by atoms with Crippen molar-refractivity contribution in [3.8, 4) is 5.75 Å². The number of nitrogens with one attached hydrogen (secondary N) is 1. The average molecular weight is 409 g/mol. The number of benzene rings is 1. The highest BCUT2D eigenvalue weighted by molar-refractivity contribution is 7.91. The highest BCUT2D eigenvalue weighted by Crippen LogP contribution is 2.21. The van der Waals surface area contributed by atoms with E-state index in [2.05, 4.69) is 4.72 Å². The van der Waals surface area contributed by atoms with Crippen LogP contribution in [-0.2, 0) is 14.8 Å². The van der Waals surface area contributed by atoms with E-state index in [0.29, 0.717) is 30.1 Å². The van der Waals surface area contributed by atoms with E-state index < -0.39 is 10.0 Å². The first-order chi connectivity index (χ1) is 12.9. The maximum Gasteiger partial charge on any atom is 0.260 e. The van der Waals surface area contributed by atoms with Gasteiger partial charge in [-0.15, -0.1) is 11.3 Å². The van der Waals surface area contributed by atoms with Gasteiger partial charge in [-0.05, 0) is 55.3 Å². The first-order valence-corrected chi connectivity index (χ1v) is 11.3. The molecule has 1 aliphatic rings. The molecule has 0 aliphatic carbocycles. The monoisotopic (exact) mass is 408 g/mol. The summed E-state index contributed by atoms with van der Waals surface area (Å²) in [6.45, 7) is 5.02. The molecule has 1 aromatic heterocycles. The average Bonchev–Trinajstić information content (AvgIpc) is 3.19. The lowest BCUT2D eigenvalue weighted by Crippen LogP contribution is -2.47. The van der Waals surface area contributed by atoms with Gasteiger partial charge in [-0.2, -0.15) is 0 Å². The van der Waals surface area contributed by atoms with Crippen molar-refractivity contribution in [2.75, 3.05) is 19.7 Å². The van der Waals surface area contributed by atoms with Crippen LogP contribution in [0.2, 0.25) is 0 Å². The summed E-state index contributed by atoms with van der Waals surface area (Å²) >= 11 is 1.20. The van der Waals surface area contributed by atoms with Crippen LogP contribution < -0.4 is 9.46 Å². The van der Waals surface area contributed by atoms with Gasteiger partial charge in [0, 0.05) is 19.1 Å². The van der Waals surface area contributed by atoms with Crippen LogP contribution in [0.25, 0.3) is 0 Å². The Morgan fingerprint density at radius 3 is 2.63 bits per heavy atom. The second-order valence-corrected chi connectivity index (χ2v) is 9.58. The maximum atomic E-state index is 12.4. The summed E-state index contributed by atoms with van der Waals surface area (Å²) in [6.07, 6.45) is 1.19. The Balaban J connectivity index is 1.49. The summed E-state index contributed by atoms with van der Waals surface area (Å²) < 4.78 is 33.3. The molecule has 1 amide bonds. The zero-order valence-corrected chi connectivity index (χ0v) is 17.1. The van der Waals surface area contributed by atoms with Crippen molar-refractivity contribution < 1.29 is 17.9 Å². The minimum absolute atomic E-state index is 0.00408. The minimum Gasteiger partial charge on any atom is -0.483 e. The van der Waals surface area contributed by atoms with Crippen molar-refractivity contribution in [2.24, 2.45) is 0 Å². The third-order valence-electron chi connectivity index (χ3n) is 4.84. The van der Waals surface area contributed by atoms with Gasteiger partial charge in [-0.3, -0.25) is 4.79 Å². The molecule has 0 atom stereocenters. The molecule has 0 spiro atoms. The Bertz CT molecular complexity index is 886. The quantitative estimate of drug-likeness (QED) is 0.797. The fourth-order valence-corrected chi connectivity index (χ4v) is 5.37. The van der Waals surface area contributed by atoms with Crippen LogP contribution in [0.1, 0.15) is 24.0 Å². The number of nitrogens with zero attached hydrogens (tertiary/aromatic N) is 1. The smallest absolute Gasteiger partial charge is 0.260 e. The van der Waals surface area contributed by atoms with Gasteiger partial charge in [-0.1, -0.05) is 18.2 Å². The highest BCUT2D eigenvalue weighted by atomic mass is 32.2. The zero-order valence-electron chi connectivity index (χ0n) is 15.5. The van der Waals surface area contributed by atoms with Crippen LogP contribution in [0.3, 0.4) is 0 Å². The molecule has 3 rings (SSSR count). The van der Waals surface area contributed by atoms with Gasteiger partial charge in [0.25, 0.3) is 5.91 Å². The van der Waals surface area contributed by atoms with E-state index in [-0.39, 0.29) is 18.6 Å². The number of likely N-dealkylation sites (tertiary alicyclic amines) is 1. The Labute approximate surface area is 164 Å². The van der Waals surface area contributed by atoms with Gasteiger partial charge < -0.3 is 9.64 Å². The van der Waals surface area contributed by atoms with Crippen molar-refractivity contribution in [2.45, 2.75) is 36.9 Å². The van der Waals surface area contributed by atoms with E-state index in [1.54, 1.807) is 22.4 Å². The lowest BCUT2D eigenvalue weighted by molar-refractivity contribution is -0.134. The van der Waals surface area contributed by atoms with E-state index in [0.717, 1.165) is 16.9 Å². The predicted molar refractivity (Wildman–Crippen MR) is 106 cm³/mol. The van der Waals surface area contributed by atoms with Gasteiger partial charge in [0.2, 0.25) is 10.0 Å². The number of carbonyl (C=O) groups is 1. The number of thiophene rings is 1. The summed E-state index contributed by atoms with van der Waals surface area (Å²) in [5.74, 6) is 0.650. The Hall–Kier alpha value is -1.90. The number of aryl methyl sites for hydroxylation is 1. The number of piperidine rings is 1. The number of sulfonamides is 1. The van der Waals surface area contributed by atoms with Crippen molar-refractivity contribution in [3.63, 3.8) is 0 Å². The topological polar surface area (TPSA) is 75.7 Å². The first kappa shape index (κ1) is 19.9. The Morgan fingerprint density at radius 2 is 1.96 bits per heavy atom. The van der Waals surface area contributed by atoms with Gasteiger partial charge in [0.15, 0.2) is 6.61 Å². The first-order valence-electron chi connectivity index (χ1n) is 8.89. The molecule has 2 aromatic rings. The zero-order chi connectivity index (χ0) is 19.4. The summed E-state index contributed by atoms with van der Waals surface area (Å²) in [4.78, 5) is 14.1. The molecule has 1 aliphatic heterocycles. The fraction of sp³-hybridized carbons (Fsp3) is 0.421. The molecule has 1 aromatic carbocycles. The SMILES string of the molecule is Cc1cccc(OCC(=O)N2CCC(NS(=O)(=O)c3cccs3)CC2)c1C. The molecule has 8 heteroatoms. The number of hydrogen-bond acceptors (Lipinski definition) is 5. The van der Waals surface area contributed by atoms with Gasteiger partial charge in [0.1, 0.15) is 9.96 Å². The molecule has 146 valence electrons. The number of ether oxygens (including phenoxy) is 1. The van der Waals surface area contributed by atoms with Crippen LogP contribution in [-0.4, -0.2) is 45.0 Å². The molecule has 1 N–H and O–H groups in total.